The Hall–Kier alpha value is -1.16. The van der Waals surface area contributed by atoms with Gasteiger partial charge in [0, 0.05) is 58.3 Å². The van der Waals surface area contributed by atoms with E-state index in [9.17, 15) is 0 Å². The number of aliphatic imine (C=N–C) groups is 1. The Labute approximate surface area is 199 Å². The fourth-order valence-electron chi connectivity index (χ4n) is 4.06. The quantitative estimate of drug-likeness (QED) is 0.182. The minimum atomic E-state index is 0. The van der Waals surface area contributed by atoms with Crippen LogP contribution < -0.4 is 10.2 Å². The topological polar surface area (TPSA) is 65.9 Å². The summed E-state index contributed by atoms with van der Waals surface area (Å²) in [6.45, 7) is 8.48. The Morgan fingerprint density at radius 3 is 2.43 bits per heavy atom. The molecular weight excluding hydrogens is 491 g/mol. The van der Waals surface area contributed by atoms with Crippen molar-refractivity contribution < 1.29 is 4.74 Å². The fourth-order valence-corrected chi connectivity index (χ4v) is 4.06. The van der Waals surface area contributed by atoms with E-state index >= 15 is 0 Å². The SMILES string of the molecule is CCNC(=NCCCCOC1CCCCCC1)N1CCN(c2ncccn2)CC1.I. The Bertz CT molecular complexity index is 587. The third-order valence-corrected chi connectivity index (χ3v) is 5.72. The van der Waals surface area contributed by atoms with Crippen LogP contribution in [-0.4, -0.2) is 72.8 Å². The van der Waals surface area contributed by atoms with Gasteiger partial charge in [0.05, 0.1) is 6.10 Å². The molecule has 1 N–H and O–H groups in total. The third-order valence-electron chi connectivity index (χ3n) is 5.72. The predicted molar refractivity (Wildman–Crippen MR) is 134 cm³/mol. The number of ether oxygens (including phenoxy) is 1. The van der Waals surface area contributed by atoms with Gasteiger partial charge in [0.2, 0.25) is 5.95 Å². The molecule has 0 unspecified atom stereocenters. The summed E-state index contributed by atoms with van der Waals surface area (Å²) >= 11 is 0. The molecule has 8 heteroatoms. The molecule has 0 radical (unpaired) electrons. The summed E-state index contributed by atoms with van der Waals surface area (Å²) in [6.07, 6.45) is 14.2. The monoisotopic (exact) mass is 530 g/mol. The van der Waals surface area contributed by atoms with Crippen molar-refractivity contribution in [2.45, 2.75) is 64.4 Å². The van der Waals surface area contributed by atoms with E-state index in [1.165, 1.54) is 38.5 Å². The van der Waals surface area contributed by atoms with E-state index in [2.05, 4.69) is 32.0 Å². The molecule has 0 bridgehead atoms. The number of hydrogen-bond donors (Lipinski definition) is 1. The molecule has 2 aliphatic rings. The van der Waals surface area contributed by atoms with E-state index in [1.807, 2.05) is 6.07 Å². The molecule has 0 aromatic carbocycles. The smallest absolute Gasteiger partial charge is 0.225 e. The van der Waals surface area contributed by atoms with Gasteiger partial charge in [-0.25, -0.2) is 9.97 Å². The van der Waals surface area contributed by atoms with E-state index in [4.69, 9.17) is 9.73 Å². The second-order valence-corrected chi connectivity index (χ2v) is 7.95. The minimum absolute atomic E-state index is 0. The van der Waals surface area contributed by atoms with Crippen molar-refractivity contribution in [1.82, 2.24) is 20.2 Å². The van der Waals surface area contributed by atoms with Gasteiger partial charge in [0.25, 0.3) is 0 Å². The summed E-state index contributed by atoms with van der Waals surface area (Å²) in [5.74, 6) is 1.86. The average molecular weight is 530 g/mol. The number of nitrogens with zero attached hydrogens (tertiary/aromatic N) is 5. The first kappa shape index (κ1) is 25.1. The van der Waals surface area contributed by atoms with Gasteiger partial charge in [-0.15, -0.1) is 24.0 Å². The summed E-state index contributed by atoms with van der Waals surface area (Å²) in [7, 11) is 0. The van der Waals surface area contributed by atoms with Crippen LogP contribution in [0.1, 0.15) is 58.3 Å². The largest absolute Gasteiger partial charge is 0.378 e. The summed E-state index contributed by atoms with van der Waals surface area (Å²) in [5.41, 5.74) is 0. The van der Waals surface area contributed by atoms with Crippen molar-refractivity contribution in [3.8, 4) is 0 Å². The van der Waals surface area contributed by atoms with Gasteiger partial charge in [-0.1, -0.05) is 25.7 Å². The van der Waals surface area contributed by atoms with Gasteiger partial charge in [0.15, 0.2) is 5.96 Å². The first-order chi connectivity index (χ1) is 14.4. The molecule has 1 aliphatic heterocycles. The zero-order chi connectivity index (χ0) is 20.2. The lowest BCUT2D eigenvalue weighted by Gasteiger charge is -2.36. The summed E-state index contributed by atoms with van der Waals surface area (Å²) < 4.78 is 6.10. The second-order valence-electron chi connectivity index (χ2n) is 7.95. The molecule has 1 aliphatic carbocycles. The number of aromatic nitrogens is 2. The maximum atomic E-state index is 6.10. The van der Waals surface area contributed by atoms with Crippen LogP contribution in [0.4, 0.5) is 5.95 Å². The van der Waals surface area contributed by atoms with Gasteiger partial charge in [-0.3, -0.25) is 4.99 Å². The van der Waals surface area contributed by atoms with E-state index < -0.39 is 0 Å². The van der Waals surface area contributed by atoms with Crippen LogP contribution in [0.2, 0.25) is 0 Å². The maximum Gasteiger partial charge on any atom is 0.225 e. The van der Waals surface area contributed by atoms with Crippen molar-refractivity contribution in [2.75, 3.05) is 50.8 Å². The number of hydrogen-bond acceptors (Lipinski definition) is 5. The van der Waals surface area contributed by atoms with E-state index in [-0.39, 0.29) is 24.0 Å². The predicted octanol–water partition coefficient (Wildman–Crippen LogP) is 3.70. The maximum absolute atomic E-state index is 6.10. The van der Waals surface area contributed by atoms with Crippen molar-refractivity contribution >= 4 is 35.9 Å². The van der Waals surface area contributed by atoms with Gasteiger partial charge in [0.1, 0.15) is 0 Å². The van der Waals surface area contributed by atoms with Crippen LogP contribution >= 0.6 is 24.0 Å². The lowest BCUT2D eigenvalue weighted by molar-refractivity contribution is 0.0412. The van der Waals surface area contributed by atoms with Gasteiger partial charge >= 0.3 is 0 Å². The lowest BCUT2D eigenvalue weighted by Crippen LogP contribution is -2.53. The number of nitrogens with one attached hydrogen (secondary N) is 1. The molecule has 30 heavy (non-hydrogen) atoms. The zero-order valence-electron chi connectivity index (χ0n) is 18.5. The molecule has 1 aromatic heterocycles. The highest BCUT2D eigenvalue weighted by Gasteiger charge is 2.21. The van der Waals surface area contributed by atoms with E-state index in [1.54, 1.807) is 12.4 Å². The molecule has 170 valence electrons. The first-order valence-electron chi connectivity index (χ1n) is 11.5. The number of piperazine rings is 1. The highest BCUT2D eigenvalue weighted by molar-refractivity contribution is 14.0. The van der Waals surface area contributed by atoms with E-state index in [0.29, 0.717) is 6.10 Å². The highest BCUT2D eigenvalue weighted by Crippen LogP contribution is 2.20. The molecule has 2 heterocycles. The summed E-state index contributed by atoms with van der Waals surface area (Å²) in [5, 5.41) is 3.45. The first-order valence-corrected chi connectivity index (χ1v) is 11.5. The van der Waals surface area contributed by atoms with Gasteiger partial charge in [-0.05, 0) is 38.7 Å². The molecule has 1 saturated carbocycles. The van der Waals surface area contributed by atoms with Crippen molar-refractivity contribution in [3.63, 3.8) is 0 Å². The molecule has 7 nitrogen and oxygen atoms in total. The average Bonchev–Trinajstić information content (AvgIpc) is 3.05. The molecule has 0 atom stereocenters. The van der Waals surface area contributed by atoms with Crippen molar-refractivity contribution in [2.24, 2.45) is 4.99 Å². The molecule has 1 saturated heterocycles. The van der Waals surface area contributed by atoms with Crippen LogP contribution in [0, 0.1) is 0 Å². The Morgan fingerprint density at radius 2 is 1.77 bits per heavy atom. The van der Waals surface area contributed by atoms with Crippen LogP contribution in [-0.2, 0) is 4.74 Å². The Morgan fingerprint density at radius 1 is 1.07 bits per heavy atom. The zero-order valence-corrected chi connectivity index (χ0v) is 20.8. The summed E-state index contributed by atoms with van der Waals surface area (Å²) in [6, 6.07) is 1.86. The molecule has 0 amide bonds. The number of anilines is 1. The lowest BCUT2D eigenvalue weighted by atomic mass is 10.1. The Balaban J connectivity index is 0.00000320. The van der Waals surface area contributed by atoms with Crippen LogP contribution in [0.25, 0.3) is 0 Å². The fraction of sp³-hybridized carbons (Fsp3) is 0.773. The molecule has 2 fully saturated rings. The van der Waals surface area contributed by atoms with Gasteiger partial charge in [-0.2, -0.15) is 0 Å². The number of unbranched alkanes of at least 4 members (excludes halogenated alkanes) is 1. The third kappa shape index (κ3) is 8.53. The highest BCUT2D eigenvalue weighted by atomic mass is 127. The minimum Gasteiger partial charge on any atom is -0.378 e. The number of halogens is 1. The number of rotatable bonds is 8. The molecule has 1 aromatic rings. The molecule has 3 rings (SSSR count). The standard InChI is InChI=1S/C22H38N6O.HI/c1-2-23-21(24-12-7-8-19-29-20-10-5-3-4-6-11-20)27-15-17-28(18-16-27)22-25-13-9-14-26-22;/h9,13-14,20H,2-8,10-12,15-19H2,1H3,(H,23,24);1H. The van der Waals surface area contributed by atoms with Crippen LogP contribution in [0.15, 0.2) is 23.5 Å². The van der Waals surface area contributed by atoms with E-state index in [0.717, 1.165) is 70.6 Å². The van der Waals surface area contributed by atoms with Crippen LogP contribution in [0.5, 0.6) is 0 Å². The molecular formula is C22H39IN6O. The molecule has 0 spiro atoms. The Kier molecular flexibility index (Phi) is 12.4. The summed E-state index contributed by atoms with van der Waals surface area (Å²) in [4.78, 5) is 18.2. The van der Waals surface area contributed by atoms with Crippen molar-refractivity contribution in [1.29, 1.82) is 0 Å². The normalized spacial score (nSPS) is 18.6. The van der Waals surface area contributed by atoms with Crippen molar-refractivity contribution in [3.05, 3.63) is 18.5 Å². The second kappa shape index (κ2) is 14.8. The number of guanidine groups is 1. The van der Waals surface area contributed by atoms with Crippen LogP contribution in [0.3, 0.4) is 0 Å². The van der Waals surface area contributed by atoms with Gasteiger partial charge < -0.3 is 19.9 Å².